The Morgan fingerprint density at radius 2 is 1.92 bits per heavy atom. The first kappa shape index (κ1) is 15.5. The minimum atomic E-state index is -0.0400. The van der Waals surface area contributed by atoms with E-state index in [2.05, 4.69) is 24.0 Å². The number of hydrogen-bond donors (Lipinski definition) is 1. The van der Waals surface area contributed by atoms with E-state index in [1.165, 1.54) is 64.5 Å². The highest BCUT2D eigenvalue weighted by molar-refractivity contribution is 5.33. The van der Waals surface area contributed by atoms with Gasteiger partial charge in [-0.15, -0.1) is 0 Å². The molecule has 1 heterocycles. The fourth-order valence-electron chi connectivity index (χ4n) is 7.17. The molecule has 0 amide bonds. The normalized spacial score (nSPS) is 47.6. The maximum atomic E-state index is 10.5. The van der Waals surface area contributed by atoms with Gasteiger partial charge in [-0.05, 0) is 98.5 Å². The number of likely N-dealkylation sites (tertiary alicyclic amines) is 1. The number of hydrogen-bond acceptors (Lipinski definition) is 2. The second-order valence-corrected chi connectivity index (χ2v) is 9.49. The topological polar surface area (TPSA) is 23.5 Å². The van der Waals surface area contributed by atoms with Gasteiger partial charge < -0.3 is 10.0 Å². The van der Waals surface area contributed by atoms with E-state index in [9.17, 15) is 5.11 Å². The third-order valence-corrected chi connectivity index (χ3v) is 8.57. The van der Waals surface area contributed by atoms with Gasteiger partial charge in [0.05, 0.1) is 6.10 Å². The third-order valence-electron chi connectivity index (χ3n) is 8.57. The molecule has 5 aliphatic rings. The van der Waals surface area contributed by atoms with Crippen LogP contribution >= 0.6 is 0 Å². The molecule has 1 N–H and O–H groups in total. The van der Waals surface area contributed by atoms with Crippen molar-refractivity contribution in [1.29, 1.82) is 0 Å². The summed E-state index contributed by atoms with van der Waals surface area (Å²) in [6.45, 7) is 4.96. The SMILES string of the molecule is C[C@]12CC[C@H]3[C@@H](CC=C4C=C(N5CCCC5)CC[C@@H]43)[C@@H]1CC[C@@H]2O. The Bertz CT molecular complexity index is 573. The molecule has 0 aromatic carbocycles. The van der Waals surface area contributed by atoms with E-state index >= 15 is 0 Å². The van der Waals surface area contributed by atoms with Crippen molar-refractivity contribution in [2.45, 2.75) is 70.8 Å². The van der Waals surface area contributed by atoms with Crippen LogP contribution in [0.3, 0.4) is 0 Å². The van der Waals surface area contributed by atoms with Crippen LogP contribution in [0.15, 0.2) is 23.4 Å². The summed E-state index contributed by atoms with van der Waals surface area (Å²) in [4.78, 5) is 2.65. The van der Waals surface area contributed by atoms with Crippen molar-refractivity contribution in [3.05, 3.63) is 23.4 Å². The summed E-state index contributed by atoms with van der Waals surface area (Å²) >= 11 is 0. The average Bonchev–Trinajstić information content (AvgIpc) is 3.23. The fourth-order valence-corrected chi connectivity index (χ4v) is 7.17. The van der Waals surface area contributed by atoms with Crippen LogP contribution in [0.1, 0.15) is 64.7 Å². The van der Waals surface area contributed by atoms with Gasteiger partial charge in [-0.25, -0.2) is 0 Å². The summed E-state index contributed by atoms with van der Waals surface area (Å²) < 4.78 is 0. The lowest BCUT2D eigenvalue weighted by Crippen LogP contribution is -2.46. The fraction of sp³-hybridized carbons (Fsp3) is 0.818. The minimum Gasteiger partial charge on any atom is -0.393 e. The first-order chi connectivity index (χ1) is 11.7. The molecule has 1 saturated heterocycles. The van der Waals surface area contributed by atoms with E-state index in [4.69, 9.17) is 0 Å². The standard InChI is InChI=1S/C22H33NO/c1-22-11-10-18-17-7-5-16(23-12-2-3-13-23)14-15(17)4-6-19(18)20(22)8-9-21(22)24/h4,14,17-21,24H,2-3,5-13H2,1H3/t17-,18+,19+,20-,21-,22-/m0/s1. The molecule has 0 bridgehead atoms. The van der Waals surface area contributed by atoms with Gasteiger partial charge in [0.2, 0.25) is 0 Å². The van der Waals surface area contributed by atoms with Crippen LogP contribution in [0.2, 0.25) is 0 Å². The van der Waals surface area contributed by atoms with Crippen molar-refractivity contribution in [2.24, 2.45) is 29.1 Å². The molecule has 0 unspecified atom stereocenters. The van der Waals surface area contributed by atoms with Crippen molar-refractivity contribution in [1.82, 2.24) is 4.90 Å². The Balaban J connectivity index is 1.41. The molecular formula is C22H33NO. The largest absolute Gasteiger partial charge is 0.393 e. The molecule has 3 fully saturated rings. The summed E-state index contributed by atoms with van der Waals surface area (Å²) in [5.41, 5.74) is 3.52. The van der Waals surface area contributed by atoms with Gasteiger partial charge >= 0.3 is 0 Å². The number of allylic oxidation sites excluding steroid dienone is 4. The molecule has 2 heteroatoms. The molecule has 6 atom stereocenters. The summed E-state index contributed by atoms with van der Waals surface area (Å²) in [5.74, 6) is 3.33. The van der Waals surface area contributed by atoms with Gasteiger partial charge in [0.15, 0.2) is 0 Å². The molecular weight excluding hydrogens is 294 g/mol. The minimum absolute atomic E-state index is 0.0400. The molecule has 0 aromatic rings. The summed E-state index contributed by atoms with van der Waals surface area (Å²) in [5, 5.41) is 10.5. The Morgan fingerprint density at radius 1 is 1.08 bits per heavy atom. The number of nitrogens with zero attached hydrogens (tertiary/aromatic N) is 1. The van der Waals surface area contributed by atoms with Gasteiger partial charge in [0.25, 0.3) is 0 Å². The highest BCUT2D eigenvalue weighted by Crippen LogP contribution is 2.61. The highest BCUT2D eigenvalue weighted by Gasteiger charge is 2.55. The Kier molecular flexibility index (Phi) is 3.63. The summed E-state index contributed by atoms with van der Waals surface area (Å²) in [6.07, 6.45) is 16.8. The quantitative estimate of drug-likeness (QED) is 0.766. The van der Waals surface area contributed by atoms with Crippen molar-refractivity contribution in [2.75, 3.05) is 13.1 Å². The second kappa shape index (κ2) is 5.62. The van der Waals surface area contributed by atoms with E-state index in [0.717, 1.165) is 30.1 Å². The Hall–Kier alpha value is -0.760. The van der Waals surface area contributed by atoms with Crippen LogP contribution in [0.5, 0.6) is 0 Å². The van der Waals surface area contributed by atoms with Gasteiger partial charge in [0, 0.05) is 18.8 Å². The first-order valence-corrected chi connectivity index (χ1v) is 10.5. The average molecular weight is 328 g/mol. The van der Waals surface area contributed by atoms with Crippen molar-refractivity contribution in [3.8, 4) is 0 Å². The highest BCUT2D eigenvalue weighted by atomic mass is 16.3. The molecule has 24 heavy (non-hydrogen) atoms. The predicted octanol–water partition coefficient (Wildman–Crippen LogP) is 4.51. The monoisotopic (exact) mass is 327 g/mol. The van der Waals surface area contributed by atoms with Crippen molar-refractivity contribution < 1.29 is 5.11 Å². The van der Waals surface area contributed by atoms with E-state index < -0.39 is 0 Å². The van der Waals surface area contributed by atoms with Crippen LogP contribution in [0.4, 0.5) is 0 Å². The summed E-state index contributed by atoms with van der Waals surface area (Å²) in [7, 11) is 0. The number of fused-ring (bicyclic) bond motifs is 5. The first-order valence-electron chi connectivity index (χ1n) is 10.5. The smallest absolute Gasteiger partial charge is 0.0596 e. The van der Waals surface area contributed by atoms with Gasteiger partial charge in [-0.1, -0.05) is 13.0 Å². The Morgan fingerprint density at radius 3 is 2.75 bits per heavy atom. The molecule has 2 nitrogen and oxygen atoms in total. The van der Waals surface area contributed by atoms with E-state index in [1.54, 1.807) is 11.3 Å². The zero-order valence-electron chi connectivity index (χ0n) is 15.2. The molecule has 132 valence electrons. The van der Waals surface area contributed by atoms with Crippen molar-refractivity contribution in [3.63, 3.8) is 0 Å². The molecule has 0 aromatic heterocycles. The predicted molar refractivity (Wildman–Crippen MR) is 97.4 cm³/mol. The lowest BCUT2D eigenvalue weighted by Gasteiger charge is -2.52. The zero-order chi connectivity index (χ0) is 16.3. The van der Waals surface area contributed by atoms with E-state index in [0.29, 0.717) is 0 Å². The van der Waals surface area contributed by atoms with Crippen LogP contribution in [0, 0.1) is 29.1 Å². The van der Waals surface area contributed by atoms with Crippen LogP contribution in [-0.4, -0.2) is 29.2 Å². The Labute approximate surface area is 147 Å². The third kappa shape index (κ3) is 2.18. The lowest BCUT2D eigenvalue weighted by atomic mass is 9.53. The lowest BCUT2D eigenvalue weighted by molar-refractivity contribution is -0.0454. The second-order valence-electron chi connectivity index (χ2n) is 9.49. The van der Waals surface area contributed by atoms with Gasteiger partial charge in [-0.3, -0.25) is 0 Å². The van der Waals surface area contributed by atoms with E-state index in [1.807, 2.05) is 0 Å². The van der Waals surface area contributed by atoms with Gasteiger partial charge in [-0.2, -0.15) is 0 Å². The van der Waals surface area contributed by atoms with E-state index in [-0.39, 0.29) is 11.5 Å². The summed E-state index contributed by atoms with van der Waals surface area (Å²) in [6, 6.07) is 0. The van der Waals surface area contributed by atoms with Crippen LogP contribution in [-0.2, 0) is 0 Å². The van der Waals surface area contributed by atoms with Gasteiger partial charge in [0.1, 0.15) is 0 Å². The molecule has 0 radical (unpaired) electrons. The zero-order valence-corrected chi connectivity index (χ0v) is 15.2. The van der Waals surface area contributed by atoms with Crippen LogP contribution in [0.25, 0.3) is 0 Å². The molecule has 0 spiro atoms. The number of rotatable bonds is 1. The van der Waals surface area contributed by atoms with Crippen molar-refractivity contribution >= 4 is 0 Å². The molecule has 1 aliphatic heterocycles. The van der Waals surface area contributed by atoms with Crippen LogP contribution < -0.4 is 0 Å². The maximum Gasteiger partial charge on any atom is 0.0596 e. The molecule has 2 saturated carbocycles. The molecule has 4 aliphatic carbocycles. The molecule has 5 rings (SSSR count). The number of aliphatic hydroxyl groups excluding tert-OH is 1. The number of aliphatic hydroxyl groups is 1. The maximum absolute atomic E-state index is 10.5.